The van der Waals surface area contributed by atoms with Crippen molar-refractivity contribution >= 4 is 74.6 Å². The summed E-state index contributed by atoms with van der Waals surface area (Å²) >= 11 is 12.9. The summed E-state index contributed by atoms with van der Waals surface area (Å²) in [5, 5.41) is 3.36. The third kappa shape index (κ3) is 4.55. The van der Waals surface area contributed by atoms with Gasteiger partial charge in [0.25, 0.3) is 11.8 Å². The van der Waals surface area contributed by atoms with Crippen molar-refractivity contribution in [1.82, 2.24) is 4.90 Å². The number of nitrogens with one attached hydrogen (secondary N) is 1. The molecule has 0 atom stereocenters. The van der Waals surface area contributed by atoms with Crippen LogP contribution in [0.25, 0.3) is 5.57 Å². The minimum Gasteiger partial charge on any atom is -0.325 e. The van der Waals surface area contributed by atoms with Crippen LogP contribution in [0.2, 0.25) is 5.02 Å². The number of carbonyl (C=O) groups excluding carboxylic acids is 3. The topological polar surface area (TPSA) is 69.7 Å². The highest BCUT2D eigenvalue weighted by Crippen LogP contribution is 2.45. The maximum atomic E-state index is 13.6. The van der Waals surface area contributed by atoms with Crippen molar-refractivity contribution in [2.45, 2.75) is 13.5 Å². The van der Waals surface area contributed by atoms with E-state index in [1.54, 1.807) is 30.3 Å². The Balaban J connectivity index is 1.43. The molecule has 2 aliphatic rings. The second-order valence-electron chi connectivity index (χ2n) is 8.38. The van der Waals surface area contributed by atoms with Crippen LogP contribution in [0.1, 0.15) is 16.7 Å². The van der Waals surface area contributed by atoms with Crippen molar-refractivity contribution in [3.05, 3.63) is 99.4 Å². The van der Waals surface area contributed by atoms with Crippen molar-refractivity contribution in [2.75, 3.05) is 16.8 Å². The molecular weight excluding hydrogens is 514 g/mol. The molecule has 2 heterocycles. The Morgan fingerprint density at radius 1 is 0.944 bits per heavy atom. The van der Waals surface area contributed by atoms with Crippen LogP contribution in [0.15, 0.2) is 77.7 Å². The van der Waals surface area contributed by atoms with Gasteiger partial charge in [-0.2, -0.15) is 0 Å². The van der Waals surface area contributed by atoms with Crippen LogP contribution in [-0.2, 0) is 20.9 Å². The Hall–Kier alpha value is -3.46. The van der Waals surface area contributed by atoms with E-state index in [0.29, 0.717) is 26.3 Å². The number of rotatable bonds is 5. The number of halogens is 1. The molecule has 0 saturated carbocycles. The second kappa shape index (κ2) is 9.89. The van der Waals surface area contributed by atoms with E-state index in [1.165, 1.54) is 9.80 Å². The fourth-order valence-corrected chi connectivity index (χ4v) is 5.64. The summed E-state index contributed by atoms with van der Waals surface area (Å²) in [6.07, 6.45) is 0. The Kier molecular flexibility index (Phi) is 6.66. The first-order valence-corrected chi connectivity index (χ1v) is 12.7. The van der Waals surface area contributed by atoms with E-state index in [1.807, 2.05) is 49.4 Å². The minimum atomic E-state index is -0.409. The molecule has 0 aromatic heterocycles. The Morgan fingerprint density at radius 3 is 2.39 bits per heavy atom. The van der Waals surface area contributed by atoms with Gasteiger partial charge in [-0.15, -0.1) is 0 Å². The Bertz CT molecular complexity index is 1450. The van der Waals surface area contributed by atoms with Crippen molar-refractivity contribution in [1.29, 1.82) is 0 Å². The van der Waals surface area contributed by atoms with Gasteiger partial charge in [0.1, 0.15) is 10.9 Å². The molecule has 3 aromatic rings. The number of nitrogens with zero attached hydrogens (tertiary/aromatic N) is 2. The Labute approximate surface area is 222 Å². The summed E-state index contributed by atoms with van der Waals surface area (Å²) in [6, 6.07) is 21.8. The third-order valence-electron chi connectivity index (χ3n) is 5.92. The fraction of sp³-hybridized carbons (Fsp3) is 0.111. The molecule has 5 rings (SSSR count). The average Bonchev–Trinajstić information content (AvgIpc) is 3.29. The molecule has 0 unspecified atom stereocenters. The van der Waals surface area contributed by atoms with E-state index in [0.717, 1.165) is 22.9 Å². The van der Waals surface area contributed by atoms with E-state index < -0.39 is 5.91 Å². The number of aryl methyl sites for hydroxylation is 1. The molecule has 0 bridgehead atoms. The number of carbonyl (C=O) groups is 3. The lowest BCUT2D eigenvalue weighted by atomic mass is 10.1. The number of anilines is 2. The quantitative estimate of drug-likeness (QED) is 0.351. The van der Waals surface area contributed by atoms with E-state index in [2.05, 4.69) is 5.32 Å². The van der Waals surface area contributed by atoms with Gasteiger partial charge in [-0.05, 0) is 36.8 Å². The van der Waals surface area contributed by atoms with Gasteiger partial charge in [-0.3, -0.25) is 24.2 Å². The molecule has 0 spiro atoms. The molecule has 6 nitrogen and oxygen atoms in total. The van der Waals surface area contributed by atoms with E-state index >= 15 is 0 Å². The van der Waals surface area contributed by atoms with Gasteiger partial charge in [-0.1, -0.05) is 89.7 Å². The zero-order chi connectivity index (χ0) is 25.4. The minimum absolute atomic E-state index is 0.187. The molecule has 3 amide bonds. The SMILES string of the molecule is Cc1ccc(NC(=O)CN2C(=O)C(=C3SC(=S)N(Cc4ccccc4Cl)C3=O)c3ccccc32)cc1. The van der Waals surface area contributed by atoms with Crippen LogP contribution in [0.5, 0.6) is 0 Å². The summed E-state index contributed by atoms with van der Waals surface area (Å²) in [5.41, 5.74) is 3.91. The molecule has 0 aliphatic carbocycles. The number of thiocarbonyl (C=S) groups is 1. The normalized spacial score (nSPS) is 17.1. The molecule has 0 radical (unpaired) electrons. The molecular formula is C27H20ClN3O3S2. The van der Waals surface area contributed by atoms with Crippen LogP contribution in [0.3, 0.4) is 0 Å². The lowest BCUT2D eigenvalue weighted by Crippen LogP contribution is -2.35. The average molecular weight is 534 g/mol. The first-order valence-electron chi connectivity index (χ1n) is 11.1. The van der Waals surface area contributed by atoms with E-state index in [9.17, 15) is 14.4 Å². The van der Waals surface area contributed by atoms with Crippen LogP contribution in [0, 0.1) is 6.92 Å². The summed E-state index contributed by atoms with van der Waals surface area (Å²) in [6.45, 7) is 1.98. The maximum Gasteiger partial charge on any atom is 0.267 e. The van der Waals surface area contributed by atoms with Crippen molar-refractivity contribution in [2.24, 2.45) is 0 Å². The standard InChI is InChI=1S/C27H20ClN3O3S2/c1-16-10-12-18(13-11-16)29-22(32)15-30-21-9-5-3-7-19(21)23(25(30)33)24-26(34)31(27(35)36-24)14-17-6-2-4-8-20(17)28/h2-13H,14-15H2,1H3,(H,29,32). The molecule has 180 valence electrons. The van der Waals surface area contributed by atoms with Crippen molar-refractivity contribution in [3.8, 4) is 0 Å². The first-order chi connectivity index (χ1) is 17.3. The zero-order valence-corrected chi connectivity index (χ0v) is 21.5. The van der Waals surface area contributed by atoms with Crippen LogP contribution in [-0.4, -0.2) is 33.5 Å². The van der Waals surface area contributed by atoms with E-state index in [-0.39, 0.29) is 35.4 Å². The maximum absolute atomic E-state index is 13.6. The number of thioether (sulfide) groups is 1. The predicted molar refractivity (Wildman–Crippen MR) is 148 cm³/mol. The van der Waals surface area contributed by atoms with Gasteiger partial charge in [0.2, 0.25) is 5.91 Å². The van der Waals surface area contributed by atoms with E-state index in [4.69, 9.17) is 23.8 Å². The van der Waals surface area contributed by atoms with Gasteiger partial charge < -0.3 is 5.32 Å². The molecule has 1 N–H and O–H groups in total. The molecule has 36 heavy (non-hydrogen) atoms. The number of benzene rings is 3. The molecule has 2 aliphatic heterocycles. The van der Waals surface area contributed by atoms with Gasteiger partial charge in [0, 0.05) is 16.3 Å². The summed E-state index contributed by atoms with van der Waals surface area (Å²) in [4.78, 5) is 42.9. The first kappa shape index (κ1) is 24.2. The highest BCUT2D eigenvalue weighted by Gasteiger charge is 2.42. The number of hydrogen-bond acceptors (Lipinski definition) is 5. The molecule has 1 fully saturated rings. The lowest BCUT2D eigenvalue weighted by molar-refractivity contribution is -0.122. The number of fused-ring (bicyclic) bond motifs is 1. The highest BCUT2D eigenvalue weighted by atomic mass is 35.5. The third-order valence-corrected chi connectivity index (χ3v) is 7.74. The van der Waals surface area contributed by atoms with Crippen molar-refractivity contribution in [3.63, 3.8) is 0 Å². The van der Waals surface area contributed by atoms with Gasteiger partial charge in [-0.25, -0.2) is 0 Å². The summed E-state index contributed by atoms with van der Waals surface area (Å²) in [5.74, 6) is -1.10. The van der Waals surface area contributed by atoms with Crippen LogP contribution < -0.4 is 10.2 Å². The van der Waals surface area contributed by atoms with Gasteiger partial charge in [0.15, 0.2) is 0 Å². The highest BCUT2D eigenvalue weighted by molar-refractivity contribution is 8.26. The van der Waals surface area contributed by atoms with Crippen LogP contribution in [0.4, 0.5) is 11.4 Å². The Morgan fingerprint density at radius 2 is 1.64 bits per heavy atom. The number of hydrogen-bond donors (Lipinski definition) is 1. The number of para-hydroxylation sites is 1. The zero-order valence-electron chi connectivity index (χ0n) is 19.2. The predicted octanol–water partition coefficient (Wildman–Crippen LogP) is 5.41. The second-order valence-corrected chi connectivity index (χ2v) is 10.4. The largest absolute Gasteiger partial charge is 0.325 e. The smallest absolute Gasteiger partial charge is 0.267 e. The molecule has 3 aromatic carbocycles. The summed E-state index contributed by atoms with van der Waals surface area (Å²) < 4.78 is 0.350. The fourth-order valence-electron chi connectivity index (χ4n) is 4.12. The van der Waals surface area contributed by atoms with Crippen molar-refractivity contribution < 1.29 is 14.4 Å². The van der Waals surface area contributed by atoms with Gasteiger partial charge in [0.05, 0.1) is 22.7 Å². The molecule has 1 saturated heterocycles. The van der Waals surface area contributed by atoms with Crippen LogP contribution >= 0.6 is 35.6 Å². The monoisotopic (exact) mass is 533 g/mol. The molecule has 9 heteroatoms. The number of amides is 3. The lowest BCUT2D eigenvalue weighted by Gasteiger charge is -2.17. The van der Waals surface area contributed by atoms with Gasteiger partial charge >= 0.3 is 0 Å². The summed E-state index contributed by atoms with van der Waals surface area (Å²) in [7, 11) is 0.